The molecule has 1 nitrogen and oxygen atoms in total. The third-order valence-electron chi connectivity index (χ3n) is 2.83. The molecule has 0 spiro atoms. The summed E-state index contributed by atoms with van der Waals surface area (Å²) in [5, 5.41) is 0. The first-order valence-electron chi connectivity index (χ1n) is 5.47. The van der Waals surface area contributed by atoms with Crippen LogP contribution in [0.15, 0.2) is 30.3 Å². The molecule has 1 unspecified atom stereocenters. The highest BCUT2D eigenvalue weighted by molar-refractivity contribution is 7.12. The van der Waals surface area contributed by atoms with Crippen molar-refractivity contribution in [2.24, 2.45) is 5.73 Å². The Morgan fingerprint density at radius 1 is 1.06 bits per heavy atom. The standard InChI is InChI=1S/C14H17NS.ClH/c1-9-4-6-12(10(2)8-9)14(15)13-7-5-11(3)16-13;/h4-8,14H,15H2,1-3H3;1H. The van der Waals surface area contributed by atoms with Crippen molar-refractivity contribution < 1.29 is 0 Å². The Kier molecular flexibility index (Phi) is 4.75. The molecule has 2 aromatic rings. The van der Waals surface area contributed by atoms with Gasteiger partial charge in [0.2, 0.25) is 0 Å². The molecule has 3 heteroatoms. The molecule has 2 N–H and O–H groups in total. The molecule has 1 aromatic carbocycles. The van der Waals surface area contributed by atoms with E-state index in [4.69, 9.17) is 5.73 Å². The van der Waals surface area contributed by atoms with Gasteiger partial charge >= 0.3 is 0 Å². The zero-order chi connectivity index (χ0) is 11.7. The summed E-state index contributed by atoms with van der Waals surface area (Å²) in [4.78, 5) is 2.56. The SMILES string of the molecule is Cc1ccc(C(N)c2ccc(C)s2)c(C)c1.Cl. The van der Waals surface area contributed by atoms with Crippen molar-refractivity contribution in [2.45, 2.75) is 26.8 Å². The summed E-state index contributed by atoms with van der Waals surface area (Å²) in [6.07, 6.45) is 0. The largest absolute Gasteiger partial charge is 0.320 e. The molecule has 0 aliphatic heterocycles. The molecule has 1 aromatic heterocycles. The average Bonchev–Trinajstić information content (AvgIpc) is 2.64. The Morgan fingerprint density at radius 2 is 1.76 bits per heavy atom. The van der Waals surface area contributed by atoms with Crippen molar-refractivity contribution in [2.75, 3.05) is 0 Å². The first kappa shape index (κ1) is 14.2. The van der Waals surface area contributed by atoms with Crippen LogP contribution in [0.4, 0.5) is 0 Å². The molecule has 1 heterocycles. The smallest absolute Gasteiger partial charge is 0.0648 e. The van der Waals surface area contributed by atoms with Crippen molar-refractivity contribution in [1.82, 2.24) is 0 Å². The van der Waals surface area contributed by atoms with E-state index in [1.54, 1.807) is 11.3 Å². The van der Waals surface area contributed by atoms with Crippen LogP contribution in [-0.4, -0.2) is 0 Å². The fraction of sp³-hybridized carbons (Fsp3) is 0.286. The maximum atomic E-state index is 6.29. The van der Waals surface area contributed by atoms with Gasteiger partial charge in [0.15, 0.2) is 0 Å². The maximum Gasteiger partial charge on any atom is 0.0648 e. The second-order valence-corrected chi connectivity index (χ2v) is 5.61. The molecule has 0 saturated heterocycles. The fourth-order valence-corrected chi connectivity index (χ4v) is 2.85. The third kappa shape index (κ3) is 3.09. The van der Waals surface area contributed by atoms with Gasteiger partial charge < -0.3 is 5.73 Å². The summed E-state index contributed by atoms with van der Waals surface area (Å²) in [5.41, 5.74) is 10.1. The molecule has 0 bridgehead atoms. The van der Waals surface area contributed by atoms with Gasteiger partial charge in [-0.1, -0.05) is 23.8 Å². The summed E-state index contributed by atoms with van der Waals surface area (Å²) >= 11 is 1.78. The van der Waals surface area contributed by atoms with Gasteiger partial charge in [-0.15, -0.1) is 23.7 Å². The Morgan fingerprint density at radius 3 is 2.29 bits per heavy atom. The predicted octanol–water partition coefficient (Wildman–Crippen LogP) is 4.14. The van der Waals surface area contributed by atoms with E-state index in [1.165, 1.54) is 26.4 Å². The number of aryl methyl sites for hydroxylation is 3. The minimum Gasteiger partial charge on any atom is -0.320 e. The van der Waals surface area contributed by atoms with Gasteiger partial charge in [-0.25, -0.2) is 0 Å². The van der Waals surface area contributed by atoms with Crippen molar-refractivity contribution in [3.8, 4) is 0 Å². The van der Waals surface area contributed by atoms with Crippen LogP contribution in [0.5, 0.6) is 0 Å². The Bertz CT molecular complexity index is 505. The van der Waals surface area contributed by atoms with Crippen LogP contribution >= 0.6 is 23.7 Å². The lowest BCUT2D eigenvalue weighted by atomic mass is 9.99. The number of thiophene rings is 1. The van der Waals surface area contributed by atoms with Crippen LogP contribution < -0.4 is 5.73 Å². The summed E-state index contributed by atoms with van der Waals surface area (Å²) in [6.45, 7) is 6.35. The van der Waals surface area contributed by atoms with Crippen molar-refractivity contribution in [3.63, 3.8) is 0 Å². The molecule has 17 heavy (non-hydrogen) atoms. The van der Waals surface area contributed by atoms with E-state index in [0.29, 0.717) is 0 Å². The molecule has 92 valence electrons. The molecule has 0 amide bonds. The normalized spacial score (nSPS) is 12.0. The molecule has 0 aliphatic carbocycles. The van der Waals surface area contributed by atoms with Crippen LogP contribution in [0.1, 0.15) is 32.5 Å². The predicted molar refractivity (Wildman–Crippen MR) is 78.3 cm³/mol. The van der Waals surface area contributed by atoms with E-state index in [2.05, 4.69) is 51.1 Å². The van der Waals surface area contributed by atoms with Gasteiger partial charge in [0.1, 0.15) is 0 Å². The highest BCUT2D eigenvalue weighted by Crippen LogP contribution is 2.28. The van der Waals surface area contributed by atoms with Crippen molar-refractivity contribution >= 4 is 23.7 Å². The Labute approximate surface area is 113 Å². The topological polar surface area (TPSA) is 26.0 Å². The van der Waals surface area contributed by atoms with E-state index < -0.39 is 0 Å². The molecule has 0 saturated carbocycles. The number of halogens is 1. The molecule has 0 radical (unpaired) electrons. The molecular weight excluding hydrogens is 250 g/mol. The molecule has 2 rings (SSSR count). The average molecular weight is 268 g/mol. The first-order chi connectivity index (χ1) is 7.58. The van der Waals surface area contributed by atoms with Crippen molar-refractivity contribution in [3.05, 3.63) is 56.8 Å². The summed E-state index contributed by atoms with van der Waals surface area (Å²) < 4.78 is 0. The second kappa shape index (κ2) is 5.67. The van der Waals surface area contributed by atoms with Gasteiger partial charge in [0.05, 0.1) is 6.04 Å². The van der Waals surface area contributed by atoms with Crippen LogP contribution in [-0.2, 0) is 0 Å². The summed E-state index contributed by atoms with van der Waals surface area (Å²) in [6, 6.07) is 10.7. The van der Waals surface area contributed by atoms with Crippen LogP contribution in [0.25, 0.3) is 0 Å². The van der Waals surface area contributed by atoms with Crippen LogP contribution in [0.2, 0.25) is 0 Å². The molecule has 0 fully saturated rings. The zero-order valence-corrected chi connectivity index (χ0v) is 12.0. The quantitative estimate of drug-likeness (QED) is 0.869. The van der Waals surface area contributed by atoms with Crippen LogP contribution in [0.3, 0.4) is 0 Å². The van der Waals surface area contributed by atoms with Gasteiger partial charge in [-0.05, 0) is 44.0 Å². The van der Waals surface area contributed by atoms with E-state index >= 15 is 0 Å². The number of benzene rings is 1. The van der Waals surface area contributed by atoms with E-state index in [0.717, 1.165) is 0 Å². The summed E-state index contributed by atoms with van der Waals surface area (Å²) in [5.74, 6) is 0. The van der Waals surface area contributed by atoms with E-state index in [-0.39, 0.29) is 18.4 Å². The van der Waals surface area contributed by atoms with Gasteiger partial charge in [0.25, 0.3) is 0 Å². The number of rotatable bonds is 2. The number of hydrogen-bond acceptors (Lipinski definition) is 2. The van der Waals surface area contributed by atoms with E-state index in [1.807, 2.05) is 0 Å². The van der Waals surface area contributed by atoms with Gasteiger partial charge in [-0.2, -0.15) is 0 Å². The highest BCUT2D eigenvalue weighted by atomic mass is 35.5. The molecular formula is C14H18ClNS. The van der Waals surface area contributed by atoms with Gasteiger partial charge in [0, 0.05) is 9.75 Å². The lowest BCUT2D eigenvalue weighted by Crippen LogP contribution is -2.11. The lowest BCUT2D eigenvalue weighted by molar-refractivity contribution is 0.881. The highest BCUT2D eigenvalue weighted by Gasteiger charge is 2.12. The van der Waals surface area contributed by atoms with Crippen molar-refractivity contribution in [1.29, 1.82) is 0 Å². The minimum atomic E-state index is 0. The first-order valence-corrected chi connectivity index (χ1v) is 6.28. The fourth-order valence-electron chi connectivity index (χ4n) is 1.95. The maximum absolute atomic E-state index is 6.29. The Hall–Kier alpha value is -0.830. The molecule has 0 aliphatic rings. The zero-order valence-electron chi connectivity index (χ0n) is 10.4. The summed E-state index contributed by atoms with van der Waals surface area (Å²) in [7, 11) is 0. The van der Waals surface area contributed by atoms with Crippen LogP contribution in [0, 0.1) is 20.8 Å². The molecule has 1 atom stereocenters. The minimum absolute atomic E-state index is 0. The third-order valence-corrected chi connectivity index (χ3v) is 3.91. The van der Waals surface area contributed by atoms with Gasteiger partial charge in [-0.3, -0.25) is 0 Å². The number of nitrogens with two attached hydrogens (primary N) is 1. The second-order valence-electron chi connectivity index (χ2n) is 4.29. The Balaban J connectivity index is 0.00000144. The monoisotopic (exact) mass is 267 g/mol. The van der Waals surface area contributed by atoms with E-state index in [9.17, 15) is 0 Å². The number of hydrogen-bond donors (Lipinski definition) is 1. The lowest BCUT2D eigenvalue weighted by Gasteiger charge is -2.13.